The van der Waals surface area contributed by atoms with Crippen LogP contribution in [0.1, 0.15) is 65.3 Å². The van der Waals surface area contributed by atoms with Gasteiger partial charge in [0.15, 0.2) is 0 Å². The molecule has 7 rings (SSSR count). The van der Waals surface area contributed by atoms with Gasteiger partial charge in [-0.2, -0.15) is 0 Å². The zero-order chi connectivity index (χ0) is 30.7. The maximum Gasteiger partial charge on any atom is 0.217 e. The molecule has 0 saturated carbocycles. The van der Waals surface area contributed by atoms with E-state index in [-0.39, 0.29) is 44.4 Å². The first-order valence-electron chi connectivity index (χ1n) is 15.3. The van der Waals surface area contributed by atoms with Crippen molar-refractivity contribution in [1.29, 1.82) is 0 Å². The van der Waals surface area contributed by atoms with Crippen molar-refractivity contribution in [3.8, 4) is 28.5 Å². The van der Waals surface area contributed by atoms with Crippen molar-refractivity contribution in [1.82, 2.24) is 4.98 Å². The number of nitrogens with zero attached hydrogens (tertiary/aromatic N) is 2. The van der Waals surface area contributed by atoms with Gasteiger partial charge in [-0.3, -0.25) is 4.99 Å². The molecule has 4 aromatic carbocycles. The molecule has 0 bridgehead atoms. The van der Waals surface area contributed by atoms with E-state index >= 15 is 0 Å². The molecule has 0 spiro atoms. The van der Waals surface area contributed by atoms with Crippen molar-refractivity contribution in [2.75, 3.05) is 0 Å². The predicted octanol–water partition coefficient (Wildman–Crippen LogP) is 9.29. The van der Waals surface area contributed by atoms with Gasteiger partial charge in [-0.25, -0.2) is 4.98 Å². The number of phenols is 1. The summed E-state index contributed by atoms with van der Waals surface area (Å²) >= 11 is 0. The predicted molar refractivity (Wildman–Crippen MR) is 176 cm³/mol. The first-order valence-corrected chi connectivity index (χ1v) is 15.3. The van der Waals surface area contributed by atoms with Crippen molar-refractivity contribution in [2.45, 2.75) is 66.5 Å². The molecule has 232 valence electrons. The Morgan fingerprint density at radius 3 is 2.42 bits per heavy atom. The molecule has 6 heteroatoms. The minimum absolute atomic E-state index is 0. The number of phenolic OH excluding ortho intramolecular Hbond substituents is 1. The number of aryl methyl sites for hydroxylation is 5. The Morgan fingerprint density at radius 2 is 1.64 bits per heavy atom. The number of aromatic nitrogens is 1. The number of rotatable bonds is 4. The fourth-order valence-corrected chi connectivity index (χ4v) is 7.02. The van der Waals surface area contributed by atoms with Gasteiger partial charge in [-0.15, -0.1) is 6.07 Å². The summed E-state index contributed by atoms with van der Waals surface area (Å²) in [7, 11) is 0. The number of benzene rings is 4. The molecule has 0 radical (unpaired) electrons. The minimum Gasteiger partial charge on any atom is -0.514 e. The molecule has 0 unspecified atom stereocenters. The average Bonchev–Trinajstić information content (AvgIpc) is 3.39. The quantitative estimate of drug-likeness (QED) is 0.185. The Bertz CT molecular complexity index is 1960. The molecule has 5 aromatic rings. The second-order valence-corrected chi connectivity index (χ2v) is 13.1. The van der Waals surface area contributed by atoms with Crippen LogP contribution in [0.15, 0.2) is 77.8 Å². The summed E-state index contributed by atoms with van der Waals surface area (Å²) in [5, 5.41) is 11.4. The molecule has 1 aliphatic carbocycles. The van der Waals surface area contributed by atoms with Crippen LogP contribution >= 0.6 is 0 Å². The molecule has 45 heavy (non-hydrogen) atoms. The van der Waals surface area contributed by atoms with E-state index in [0.29, 0.717) is 23.0 Å². The van der Waals surface area contributed by atoms with Gasteiger partial charge in [0.1, 0.15) is 29.3 Å². The molecule has 0 saturated heterocycles. The molecule has 5 nitrogen and oxygen atoms in total. The molecular formula is C39H37N2O3Pt-. The molecule has 1 N–H and O–H groups in total. The summed E-state index contributed by atoms with van der Waals surface area (Å²) in [5.74, 6) is 1.60. The smallest absolute Gasteiger partial charge is 0.217 e. The summed E-state index contributed by atoms with van der Waals surface area (Å²) < 4.78 is 13.2. The van der Waals surface area contributed by atoms with Gasteiger partial charge in [0.2, 0.25) is 5.88 Å². The molecule has 2 atom stereocenters. The summed E-state index contributed by atoms with van der Waals surface area (Å²) in [5.41, 5.74) is 10.5. The van der Waals surface area contributed by atoms with Gasteiger partial charge >= 0.3 is 0 Å². The van der Waals surface area contributed by atoms with Crippen LogP contribution in [0.4, 0.5) is 0 Å². The van der Waals surface area contributed by atoms with Crippen LogP contribution < -0.4 is 4.74 Å². The molecule has 1 aliphatic heterocycles. The third-order valence-corrected chi connectivity index (χ3v) is 9.11. The molecule has 0 fully saturated rings. The van der Waals surface area contributed by atoms with E-state index in [2.05, 4.69) is 88.1 Å². The zero-order valence-corrected chi connectivity index (χ0v) is 28.7. The van der Waals surface area contributed by atoms with E-state index in [1.807, 2.05) is 31.2 Å². The SMILES string of the molecule is Cc1cc(C)c(-c2cc(Oc3ccc4cc(C)cc(O)c4n3)[c-]c(C3=N[C@H]4c5ccccc5CCC(C)(C)[C@H]4O3)c2)c(C)c1.[Pt]. The molecule has 0 amide bonds. The van der Waals surface area contributed by atoms with Crippen molar-refractivity contribution >= 4 is 16.8 Å². The van der Waals surface area contributed by atoms with Crippen LogP contribution in [0.3, 0.4) is 0 Å². The first kappa shape index (κ1) is 31.0. The van der Waals surface area contributed by atoms with Crippen LogP contribution in [0.5, 0.6) is 17.4 Å². The Labute approximate surface area is 279 Å². The second kappa shape index (κ2) is 11.8. The van der Waals surface area contributed by atoms with Gasteiger partial charge in [-0.1, -0.05) is 79.1 Å². The zero-order valence-electron chi connectivity index (χ0n) is 26.5. The van der Waals surface area contributed by atoms with E-state index in [1.54, 1.807) is 6.07 Å². The summed E-state index contributed by atoms with van der Waals surface area (Å²) in [6.45, 7) is 12.9. The van der Waals surface area contributed by atoms with Gasteiger partial charge in [0.05, 0.1) is 0 Å². The topological polar surface area (TPSA) is 63.9 Å². The fourth-order valence-electron chi connectivity index (χ4n) is 7.02. The third-order valence-electron chi connectivity index (χ3n) is 9.11. The number of hydrogen-bond acceptors (Lipinski definition) is 5. The van der Waals surface area contributed by atoms with Gasteiger partial charge in [0.25, 0.3) is 0 Å². The average molecular weight is 777 g/mol. The normalized spacial score (nSPS) is 18.2. The van der Waals surface area contributed by atoms with E-state index < -0.39 is 0 Å². The number of aromatic hydroxyl groups is 1. The number of fused-ring (bicyclic) bond motifs is 4. The minimum atomic E-state index is -0.0865. The number of ether oxygens (including phenoxy) is 2. The second-order valence-electron chi connectivity index (χ2n) is 13.1. The van der Waals surface area contributed by atoms with Crippen LogP contribution in [-0.2, 0) is 32.2 Å². The van der Waals surface area contributed by atoms with E-state index in [4.69, 9.17) is 14.5 Å². The molecule has 2 heterocycles. The van der Waals surface area contributed by atoms with Crippen molar-refractivity contribution < 1.29 is 35.6 Å². The van der Waals surface area contributed by atoms with Crippen LogP contribution in [0.2, 0.25) is 0 Å². The Morgan fingerprint density at radius 1 is 0.911 bits per heavy atom. The van der Waals surface area contributed by atoms with E-state index in [1.165, 1.54) is 27.8 Å². The van der Waals surface area contributed by atoms with Gasteiger partial charge < -0.3 is 14.6 Å². The standard InChI is InChI=1S/C39H37N2O3.Pt/c1-22-15-24(3)34(25(4)16-22)28-19-29(21-30(20-28)43-33-12-11-27-17-23(2)18-32(42)35(27)40-33)38-41-36-31-10-8-7-9-26(31)13-14-39(5,6)37(36)44-38;/h7-12,15-20,36-37,42H,13-14H2,1-6H3;/q-1;/t36-,37-;/m0./s1. The van der Waals surface area contributed by atoms with Crippen LogP contribution in [0.25, 0.3) is 22.0 Å². The Hall–Kier alpha value is -3.95. The molecule has 2 aliphatic rings. The maximum absolute atomic E-state index is 10.6. The Balaban J connectivity index is 0.00000357. The molecular weight excluding hydrogens is 740 g/mol. The summed E-state index contributed by atoms with van der Waals surface area (Å²) in [6.07, 6.45) is 1.96. The van der Waals surface area contributed by atoms with Crippen LogP contribution in [0, 0.1) is 39.2 Å². The van der Waals surface area contributed by atoms with Gasteiger partial charge in [-0.05, 0) is 92.1 Å². The molecule has 1 aromatic heterocycles. The van der Waals surface area contributed by atoms with Crippen LogP contribution in [-0.4, -0.2) is 22.1 Å². The summed E-state index contributed by atoms with van der Waals surface area (Å²) in [4.78, 5) is 9.89. The largest absolute Gasteiger partial charge is 0.514 e. The third kappa shape index (κ3) is 5.79. The van der Waals surface area contributed by atoms with E-state index in [0.717, 1.165) is 40.5 Å². The monoisotopic (exact) mass is 776 g/mol. The van der Waals surface area contributed by atoms with Crippen molar-refractivity contribution in [2.24, 2.45) is 10.4 Å². The van der Waals surface area contributed by atoms with Crippen molar-refractivity contribution in [3.63, 3.8) is 0 Å². The van der Waals surface area contributed by atoms with E-state index in [9.17, 15) is 5.11 Å². The Kier molecular flexibility index (Phi) is 8.12. The maximum atomic E-state index is 10.6. The number of hydrogen-bond donors (Lipinski definition) is 1. The fraction of sp³-hybridized carbons (Fsp3) is 0.282. The first-order chi connectivity index (χ1) is 21.1. The summed E-state index contributed by atoms with van der Waals surface area (Å²) in [6, 6.07) is 28.0. The number of aliphatic imine (C=N–C) groups is 1. The van der Waals surface area contributed by atoms with Crippen molar-refractivity contribution in [3.05, 3.63) is 118 Å². The number of pyridine rings is 1. The van der Waals surface area contributed by atoms with Gasteiger partial charge in [0, 0.05) is 43.7 Å².